The summed E-state index contributed by atoms with van der Waals surface area (Å²) >= 11 is 6.07. The maximum absolute atomic E-state index is 13.0. The molecule has 1 N–H and O–H groups in total. The average Bonchev–Trinajstić information content (AvgIpc) is 2.70. The van der Waals surface area contributed by atoms with Gasteiger partial charge in [0.1, 0.15) is 5.75 Å². The summed E-state index contributed by atoms with van der Waals surface area (Å²) in [4.78, 5) is 22.4. The molecule has 1 saturated heterocycles. The molecule has 9 nitrogen and oxygen atoms in total. The summed E-state index contributed by atoms with van der Waals surface area (Å²) < 4.78 is 32.5. The number of carbonyl (C=O) groups is 1. The molecular weight excluding hydrogens is 434 g/mol. The molecule has 1 atom stereocenters. The summed E-state index contributed by atoms with van der Waals surface area (Å²) in [7, 11) is -3.76. The van der Waals surface area contributed by atoms with Crippen LogP contribution < -0.4 is 10.1 Å². The number of nitrogens with zero attached hydrogens (tertiary/aromatic N) is 2. The lowest BCUT2D eigenvalue weighted by molar-refractivity contribution is -0.384. The number of ether oxygens (including phenoxy) is 1. The van der Waals surface area contributed by atoms with Gasteiger partial charge in [0.25, 0.3) is 5.69 Å². The minimum atomic E-state index is -3.76. The van der Waals surface area contributed by atoms with Gasteiger partial charge in [0.2, 0.25) is 10.0 Å². The Kier molecular flexibility index (Phi) is 6.59. The number of hydrogen-bond acceptors (Lipinski definition) is 6. The first-order chi connectivity index (χ1) is 14.2. The van der Waals surface area contributed by atoms with E-state index in [9.17, 15) is 23.3 Å². The van der Waals surface area contributed by atoms with Crippen molar-refractivity contribution in [3.05, 3.63) is 63.2 Å². The maximum atomic E-state index is 13.0. The van der Waals surface area contributed by atoms with E-state index in [1.165, 1.54) is 34.6 Å². The van der Waals surface area contributed by atoms with Crippen LogP contribution in [0.5, 0.6) is 5.75 Å². The predicted molar refractivity (Wildman–Crippen MR) is 110 cm³/mol. The number of nitrogens with one attached hydrogen (secondary N) is 1. The molecule has 0 aliphatic carbocycles. The fourth-order valence-electron chi connectivity index (χ4n) is 3.22. The van der Waals surface area contributed by atoms with Crippen molar-refractivity contribution in [2.75, 3.05) is 13.1 Å². The lowest BCUT2D eigenvalue weighted by atomic mass is 10.1. The van der Waals surface area contributed by atoms with E-state index >= 15 is 0 Å². The summed E-state index contributed by atoms with van der Waals surface area (Å²) in [6, 6.07) is 9.38. The van der Waals surface area contributed by atoms with Crippen molar-refractivity contribution in [1.82, 2.24) is 9.62 Å². The zero-order chi connectivity index (χ0) is 21.9. The lowest BCUT2D eigenvalue weighted by Crippen LogP contribution is -2.50. The van der Waals surface area contributed by atoms with Crippen LogP contribution in [0, 0.1) is 17.0 Å². The minimum absolute atomic E-state index is 0.101. The highest BCUT2D eigenvalue weighted by Gasteiger charge is 2.32. The van der Waals surface area contributed by atoms with E-state index in [2.05, 4.69) is 5.32 Å². The van der Waals surface area contributed by atoms with E-state index in [0.29, 0.717) is 30.0 Å². The molecule has 0 aromatic heterocycles. The number of piperidine rings is 1. The number of sulfonamides is 1. The van der Waals surface area contributed by atoms with Crippen LogP contribution in [0.15, 0.2) is 47.4 Å². The van der Waals surface area contributed by atoms with Gasteiger partial charge in [-0.3, -0.25) is 10.1 Å². The Morgan fingerprint density at radius 1 is 1.27 bits per heavy atom. The number of non-ortho nitro benzene ring substituents is 1. The van der Waals surface area contributed by atoms with Crippen LogP contribution in [0.1, 0.15) is 18.4 Å². The SMILES string of the molecule is Cc1c(Cl)cccc1S(=O)(=O)N1CCC[C@H](NC(=O)Oc2ccc([N+](=O)[O-])cc2)C1. The smallest absolute Gasteiger partial charge is 0.410 e. The van der Waals surface area contributed by atoms with E-state index < -0.39 is 27.1 Å². The largest absolute Gasteiger partial charge is 0.412 e. The van der Waals surface area contributed by atoms with Gasteiger partial charge in [0.05, 0.1) is 9.82 Å². The third-order valence-corrected chi connectivity index (χ3v) is 7.22. The van der Waals surface area contributed by atoms with Crippen LogP contribution in [0.25, 0.3) is 0 Å². The van der Waals surface area contributed by atoms with E-state index in [0.717, 1.165) is 0 Å². The summed E-state index contributed by atoms with van der Waals surface area (Å²) in [6.07, 6.45) is 0.407. The molecule has 1 heterocycles. The van der Waals surface area contributed by atoms with Crippen LogP contribution in [0.4, 0.5) is 10.5 Å². The second-order valence-electron chi connectivity index (χ2n) is 6.85. The molecule has 0 spiro atoms. The van der Waals surface area contributed by atoms with Gasteiger partial charge < -0.3 is 10.1 Å². The molecule has 1 aliphatic rings. The summed E-state index contributed by atoms with van der Waals surface area (Å²) in [5, 5.41) is 13.7. The van der Waals surface area contributed by atoms with E-state index in [-0.39, 0.29) is 22.9 Å². The van der Waals surface area contributed by atoms with Crippen molar-refractivity contribution in [2.45, 2.75) is 30.7 Å². The van der Waals surface area contributed by atoms with Gasteiger partial charge >= 0.3 is 6.09 Å². The number of nitro groups is 1. The number of amides is 1. The van der Waals surface area contributed by atoms with Gasteiger partial charge in [-0.15, -0.1) is 0 Å². The first kappa shape index (κ1) is 22.0. The molecule has 160 valence electrons. The lowest BCUT2D eigenvalue weighted by Gasteiger charge is -2.32. The van der Waals surface area contributed by atoms with Crippen molar-refractivity contribution in [2.24, 2.45) is 0 Å². The molecule has 0 bridgehead atoms. The highest BCUT2D eigenvalue weighted by molar-refractivity contribution is 7.89. The van der Waals surface area contributed by atoms with Gasteiger partial charge in [0.15, 0.2) is 0 Å². The maximum Gasteiger partial charge on any atom is 0.412 e. The van der Waals surface area contributed by atoms with E-state index in [4.69, 9.17) is 16.3 Å². The fraction of sp³-hybridized carbons (Fsp3) is 0.316. The Bertz CT molecular complexity index is 1060. The molecule has 1 aliphatic heterocycles. The third-order valence-electron chi connectivity index (χ3n) is 4.80. The van der Waals surface area contributed by atoms with Gasteiger partial charge in [-0.05, 0) is 49.6 Å². The van der Waals surface area contributed by atoms with Gasteiger partial charge in [-0.1, -0.05) is 17.7 Å². The summed E-state index contributed by atoms with van der Waals surface area (Å²) in [5.41, 5.74) is 0.360. The van der Waals surface area contributed by atoms with E-state index in [1.807, 2.05) is 0 Å². The number of benzene rings is 2. The zero-order valence-electron chi connectivity index (χ0n) is 16.1. The quantitative estimate of drug-likeness (QED) is 0.546. The molecule has 1 fully saturated rings. The zero-order valence-corrected chi connectivity index (χ0v) is 17.6. The van der Waals surface area contributed by atoms with Crippen LogP contribution in [-0.2, 0) is 10.0 Å². The van der Waals surface area contributed by atoms with Crippen LogP contribution in [0.3, 0.4) is 0 Å². The van der Waals surface area contributed by atoms with Gasteiger partial charge in [0, 0.05) is 36.3 Å². The molecule has 0 saturated carbocycles. The molecule has 0 radical (unpaired) electrons. The monoisotopic (exact) mass is 453 g/mol. The van der Waals surface area contributed by atoms with Crippen LogP contribution >= 0.6 is 11.6 Å². The first-order valence-electron chi connectivity index (χ1n) is 9.16. The Hall–Kier alpha value is -2.69. The van der Waals surface area contributed by atoms with Crippen molar-refractivity contribution in [3.8, 4) is 5.75 Å². The summed E-state index contributed by atoms with van der Waals surface area (Å²) in [5.74, 6) is 0.146. The minimum Gasteiger partial charge on any atom is -0.410 e. The topological polar surface area (TPSA) is 119 Å². The Labute approximate surface area is 178 Å². The molecule has 11 heteroatoms. The molecule has 1 amide bonds. The second kappa shape index (κ2) is 8.99. The van der Waals surface area contributed by atoms with Crippen molar-refractivity contribution in [1.29, 1.82) is 0 Å². The molecular formula is C19H20ClN3O6S. The predicted octanol–water partition coefficient (Wildman–Crippen LogP) is 3.50. The number of hydrogen-bond donors (Lipinski definition) is 1. The Balaban J connectivity index is 1.65. The second-order valence-corrected chi connectivity index (χ2v) is 9.16. The van der Waals surface area contributed by atoms with Gasteiger partial charge in [-0.25, -0.2) is 13.2 Å². The molecule has 2 aromatic rings. The van der Waals surface area contributed by atoms with Gasteiger partial charge in [-0.2, -0.15) is 4.31 Å². The number of halogens is 1. The highest BCUT2D eigenvalue weighted by atomic mass is 35.5. The first-order valence-corrected chi connectivity index (χ1v) is 11.0. The average molecular weight is 454 g/mol. The molecule has 0 unspecified atom stereocenters. The normalized spacial score (nSPS) is 17.3. The Morgan fingerprint density at radius 3 is 2.63 bits per heavy atom. The summed E-state index contributed by atoms with van der Waals surface area (Å²) in [6.45, 7) is 2.09. The molecule has 3 rings (SSSR count). The van der Waals surface area contributed by atoms with Crippen molar-refractivity contribution in [3.63, 3.8) is 0 Å². The Morgan fingerprint density at radius 2 is 1.97 bits per heavy atom. The standard InChI is InChI=1S/C19H20ClN3O6S/c1-13-17(20)5-2-6-18(13)30(27,28)22-11-3-4-14(12-22)21-19(24)29-16-9-7-15(8-10-16)23(25)26/h2,5-10,14H,3-4,11-12H2,1H3,(H,21,24)/t14-/m0/s1. The van der Waals surface area contributed by atoms with Crippen LogP contribution in [-0.4, -0.2) is 42.9 Å². The number of carbonyl (C=O) groups excluding carboxylic acids is 1. The third kappa shape index (κ3) is 4.89. The van der Waals surface area contributed by atoms with E-state index in [1.54, 1.807) is 19.1 Å². The highest BCUT2D eigenvalue weighted by Crippen LogP contribution is 2.27. The molecule has 30 heavy (non-hydrogen) atoms. The van der Waals surface area contributed by atoms with Crippen LogP contribution in [0.2, 0.25) is 5.02 Å². The van der Waals surface area contributed by atoms with Crippen molar-refractivity contribution >= 4 is 33.4 Å². The fourth-order valence-corrected chi connectivity index (χ4v) is 5.23. The van der Waals surface area contributed by atoms with Crippen molar-refractivity contribution < 1.29 is 22.9 Å². The number of nitro benzene ring substituents is 1. The molecule has 2 aromatic carbocycles. The number of rotatable bonds is 5.